The average molecular weight is 244 g/mol. The van der Waals surface area contributed by atoms with Gasteiger partial charge in [0.2, 0.25) is 0 Å². The first kappa shape index (κ1) is 11.6. The van der Waals surface area contributed by atoms with Crippen LogP contribution in [-0.4, -0.2) is 10.2 Å². The molecule has 0 saturated carbocycles. The molecule has 0 amide bonds. The summed E-state index contributed by atoms with van der Waals surface area (Å²) in [6.45, 7) is 1.54. The highest BCUT2D eigenvalue weighted by molar-refractivity contribution is 5.66. The quantitative estimate of drug-likeness (QED) is 0.763. The molecule has 2 aromatic rings. The maximum atomic E-state index is 13.3. The van der Waals surface area contributed by atoms with E-state index in [0.29, 0.717) is 5.56 Å². The predicted molar refractivity (Wildman–Crippen MR) is 53.7 cm³/mol. The monoisotopic (exact) mass is 244 g/mol. The van der Waals surface area contributed by atoms with E-state index in [0.717, 1.165) is 12.3 Å². The van der Waals surface area contributed by atoms with E-state index >= 15 is 0 Å². The Kier molecular flexibility index (Phi) is 2.65. The van der Waals surface area contributed by atoms with Gasteiger partial charge in [-0.3, -0.25) is 5.10 Å². The summed E-state index contributed by atoms with van der Waals surface area (Å²) in [7, 11) is 0. The van der Waals surface area contributed by atoms with E-state index < -0.39 is 17.7 Å². The van der Waals surface area contributed by atoms with Crippen molar-refractivity contribution in [2.24, 2.45) is 0 Å². The zero-order valence-electron chi connectivity index (χ0n) is 8.77. The lowest BCUT2D eigenvalue weighted by molar-refractivity contribution is -0.140. The van der Waals surface area contributed by atoms with Gasteiger partial charge in [-0.05, 0) is 24.1 Å². The molecular weight excluding hydrogens is 236 g/mol. The van der Waals surface area contributed by atoms with E-state index in [9.17, 15) is 17.6 Å². The van der Waals surface area contributed by atoms with E-state index in [-0.39, 0.29) is 11.1 Å². The van der Waals surface area contributed by atoms with Gasteiger partial charge in [0.15, 0.2) is 5.69 Å². The molecule has 0 saturated heterocycles. The van der Waals surface area contributed by atoms with Crippen LogP contribution in [-0.2, 0) is 6.18 Å². The number of hydrogen-bond donors (Lipinski definition) is 1. The lowest BCUT2D eigenvalue weighted by Crippen LogP contribution is -2.07. The summed E-state index contributed by atoms with van der Waals surface area (Å²) in [5.41, 5.74) is -0.669. The molecule has 0 aliphatic rings. The van der Waals surface area contributed by atoms with Crippen LogP contribution in [0.2, 0.25) is 0 Å². The van der Waals surface area contributed by atoms with Crippen LogP contribution in [0.25, 0.3) is 11.1 Å². The second-order valence-corrected chi connectivity index (χ2v) is 3.61. The first-order chi connectivity index (χ1) is 7.89. The maximum Gasteiger partial charge on any atom is 0.435 e. The third-order valence-electron chi connectivity index (χ3n) is 2.39. The lowest BCUT2D eigenvalue weighted by atomic mass is 10.0. The Bertz CT molecular complexity index is 543. The largest absolute Gasteiger partial charge is 0.435 e. The Morgan fingerprint density at radius 2 is 1.94 bits per heavy atom. The van der Waals surface area contributed by atoms with Crippen molar-refractivity contribution < 1.29 is 17.6 Å². The van der Waals surface area contributed by atoms with Gasteiger partial charge >= 0.3 is 6.18 Å². The molecule has 0 fully saturated rings. The molecule has 2 nitrogen and oxygen atoms in total. The number of halogens is 4. The van der Waals surface area contributed by atoms with E-state index in [1.54, 1.807) is 6.92 Å². The number of aryl methyl sites for hydroxylation is 1. The minimum absolute atomic E-state index is 0.147. The van der Waals surface area contributed by atoms with Gasteiger partial charge in [0, 0.05) is 11.8 Å². The number of H-pyrrole nitrogens is 1. The molecule has 0 bridgehead atoms. The van der Waals surface area contributed by atoms with Gasteiger partial charge in [0.25, 0.3) is 0 Å². The lowest BCUT2D eigenvalue weighted by Gasteiger charge is -2.06. The normalized spacial score (nSPS) is 11.8. The van der Waals surface area contributed by atoms with Crippen molar-refractivity contribution in [2.75, 3.05) is 0 Å². The van der Waals surface area contributed by atoms with Crippen molar-refractivity contribution in [1.82, 2.24) is 10.2 Å². The van der Waals surface area contributed by atoms with Crippen molar-refractivity contribution in [3.05, 3.63) is 41.5 Å². The summed E-state index contributed by atoms with van der Waals surface area (Å²) in [5.74, 6) is -0.545. The molecule has 1 aromatic heterocycles. The molecule has 0 aliphatic carbocycles. The number of nitrogens with zero attached hydrogens (tertiary/aromatic N) is 1. The minimum Gasteiger partial charge on any atom is -0.284 e. The fourth-order valence-electron chi connectivity index (χ4n) is 1.49. The number of hydrogen-bond acceptors (Lipinski definition) is 1. The number of rotatable bonds is 1. The number of aromatic nitrogens is 2. The Morgan fingerprint density at radius 1 is 1.24 bits per heavy atom. The van der Waals surface area contributed by atoms with Crippen molar-refractivity contribution in [2.45, 2.75) is 13.1 Å². The van der Waals surface area contributed by atoms with Crippen LogP contribution in [0.5, 0.6) is 0 Å². The van der Waals surface area contributed by atoms with E-state index in [2.05, 4.69) is 10.2 Å². The summed E-state index contributed by atoms with van der Waals surface area (Å²) >= 11 is 0. The van der Waals surface area contributed by atoms with Crippen molar-refractivity contribution in [1.29, 1.82) is 0 Å². The molecule has 90 valence electrons. The second-order valence-electron chi connectivity index (χ2n) is 3.61. The van der Waals surface area contributed by atoms with Gasteiger partial charge in [-0.1, -0.05) is 12.1 Å². The highest BCUT2D eigenvalue weighted by atomic mass is 19.4. The van der Waals surface area contributed by atoms with Gasteiger partial charge in [-0.25, -0.2) is 4.39 Å². The minimum atomic E-state index is -4.56. The topological polar surface area (TPSA) is 28.7 Å². The van der Waals surface area contributed by atoms with Crippen molar-refractivity contribution in [3.8, 4) is 11.1 Å². The summed E-state index contributed by atoms with van der Waals surface area (Å²) in [5, 5.41) is 5.29. The van der Waals surface area contributed by atoms with Gasteiger partial charge in [0.05, 0.1) is 0 Å². The van der Waals surface area contributed by atoms with Crippen LogP contribution in [0.3, 0.4) is 0 Å². The number of nitrogens with one attached hydrogen (secondary N) is 1. The van der Waals surface area contributed by atoms with Gasteiger partial charge in [-0.15, -0.1) is 0 Å². The van der Waals surface area contributed by atoms with Crippen LogP contribution in [0.4, 0.5) is 17.6 Å². The van der Waals surface area contributed by atoms with Gasteiger partial charge < -0.3 is 0 Å². The van der Waals surface area contributed by atoms with Crippen molar-refractivity contribution in [3.63, 3.8) is 0 Å². The molecule has 1 heterocycles. The predicted octanol–water partition coefficient (Wildman–Crippen LogP) is 3.54. The molecule has 0 unspecified atom stereocenters. The van der Waals surface area contributed by atoms with Crippen LogP contribution in [0, 0.1) is 12.7 Å². The zero-order valence-corrected chi connectivity index (χ0v) is 8.77. The molecule has 2 rings (SSSR count). The molecule has 6 heteroatoms. The molecular formula is C11H8F4N2. The van der Waals surface area contributed by atoms with Crippen LogP contribution < -0.4 is 0 Å². The fourth-order valence-corrected chi connectivity index (χ4v) is 1.49. The molecule has 0 atom stereocenters. The van der Waals surface area contributed by atoms with Crippen LogP contribution >= 0.6 is 0 Å². The average Bonchev–Trinajstić information content (AvgIpc) is 2.70. The molecule has 1 N–H and O–H groups in total. The fraction of sp³-hybridized carbons (Fsp3) is 0.182. The first-order valence-corrected chi connectivity index (χ1v) is 4.77. The Labute approximate surface area is 94.3 Å². The van der Waals surface area contributed by atoms with Crippen molar-refractivity contribution >= 4 is 0 Å². The van der Waals surface area contributed by atoms with Gasteiger partial charge in [-0.2, -0.15) is 18.3 Å². The van der Waals surface area contributed by atoms with E-state index in [4.69, 9.17) is 0 Å². The molecule has 0 aliphatic heterocycles. The molecule has 17 heavy (non-hydrogen) atoms. The zero-order chi connectivity index (χ0) is 12.6. The van der Waals surface area contributed by atoms with E-state index in [1.807, 2.05) is 0 Å². The smallest absolute Gasteiger partial charge is 0.284 e. The summed E-state index contributed by atoms with van der Waals surface area (Å²) in [6.07, 6.45) is -3.45. The standard InChI is InChI=1S/C11H8F4N2/c1-6-2-3-7(4-9(6)12)8-5-16-17-10(8)11(13,14)15/h2-5H,1H3,(H,16,17). The summed E-state index contributed by atoms with van der Waals surface area (Å²) in [6, 6.07) is 3.92. The molecule has 1 aromatic carbocycles. The maximum absolute atomic E-state index is 13.3. The second kappa shape index (κ2) is 3.87. The third-order valence-corrected chi connectivity index (χ3v) is 2.39. The van der Waals surface area contributed by atoms with Crippen LogP contribution in [0.15, 0.2) is 24.4 Å². The Hall–Kier alpha value is -1.85. The van der Waals surface area contributed by atoms with E-state index in [1.165, 1.54) is 12.1 Å². The third kappa shape index (κ3) is 2.15. The van der Waals surface area contributed by atoms with Crippen LogP contribution in [0.1, 0.15) is 11.3 Å². The van der Waals surface area contributed by atoms with Gasteiger partial charge in [0.1, 0.15) is 5.82 Å². The highest BCUT2D eigenvalue weighted by Gasteiger charge is 2.36. The Morgan fingerprint density at radius 3 is 2.53 bits per heavy atom. The SMILES string of the molecule is Cc1ccc(-c2c[nH]nc2C(F)(F)F)cc1F. The number of alkyl halides is 3. The number of benzene rings is 1. The Balaban J connectivity index is 2.54. The summed E-state index contributed by atoms with van der Waals surface area (Å²) < 4.78 is 51.0. The first-order valence-electron chi connectivity index (χ1n) is 4.77. The summed E-state index contributed by atoms with van der Waals surface area (Å²) in [4.78, 5) is 0. The number of aromatic amines is 1. The molecule has 0 radical (unpaired) electrons. The highest BCUT2D eigenvalue weighted by Crippen LogP contribution is 2.35. The molecule has 0 spiro atoms.